The molecule has 18 heavy (non-hydrogen) atoms. The number of fused-ring (bicyclic) bond motifs is 1. The highest BCUT2D eigenvalue weighted by Gasteiger charge is 2.18. The summed E-state index contributed by atoms with van der Waals surface area (Å²) in [5.74, 6) is 1.31. The SMILES string of the molecule is Cc1ccc(Oc2ncnc3c2CCC3)c(N)c1. The number of aromatic nitrogens is 2. The molecule has 0 aliphatic heterocycles. The van der Waals surface area contributed by atoms with Gasteiger partial charge in [0.25, 0.3) is 0 Å². The Bertz CT molecular complexity index is 596. The first-order valence-corrected chi connectivity index (χ1v) is 6.11. The number of benzene rings is 1. The van der Waals surface area contributed by atoms with Crippen molar-refractivity contribution in [1.82, 2.24) is 9.97 Å². The average molecular weight is 241 g/mol. The Morgan fingerprint density at radius 1 is 1.22 bits per heavy atom. The molecule has 0 saturated heterocycles. The molecule has 0 fully saturated rings. The first kappa shape index (κ1) is 11.0. The summed E-state index contributed by atoms with van der Waals surface area (Å²) in [5.41, 5.74) is 9.93. The summed E-state index contributed by atoms with van der Waals surface area (Å²) in [7, 11) is 0. The third kappa shape index (κ3) is 1.90. The first-order chi connectivity index (χ1) is 8.74. The fraction of sp³-hybridized carbons (Fsp3) is 0.286. The molecule has 0 unspecified atom stereocenters. The number of nitrogen functional groups attached to an aromatic ring is 1. The summed E-state index contributed by atoms with van der Waals surface area (Å²) in [6.07, 6.45) is 4.67. The van der Waals surface area contributed by atoms with Gasteiger partial charge in [-0.3, -0.25) is 0 Å². The lowest BCUT2D eigenvalue weighted by Crippen LogP contribution is -1.99. The molecular formula is C14H15N3O. The van der Waals surface area contributed by atoms with Crippen LogP contribution in [0, 0.1) is 6.92 Å². The maximum atomic E-state index is 5.95. The van der Waals surface area contributed by atoms with E-state index < -0.39 is 0 Å². The maximum absolute atomic E-state index is 5.95. The Labute approximate surface area is 106 Å². The largest absolute Gasteiger partial charge is 0.436 e. The number of aryl methyl sites for hydroxylation is 2. The third-order valence-corrected chi connectivity index (χ3v) is 3.21. The van der Waals surface area contributed by atoms with Gasteiger partial charge >= 0.3 is 0 Å². The van der Waals surface area contributed by atoms with Gasteiger partial charge in [-0.1, -0.05) is 6.07 Å². The molecule has 3 rings (SSSR count). The monoisotopic (exact) mass is 241 g/mol. The van der Waals surface area contributed by atoms with E-state index in [2.05, 4.69) is 9.97 Å². The summed E-state index contributed by atoms with van der Waals surface area (Å²) in [6.45, 7) is 2.00. The number of anilines is 1. The minimum Gasteiger partial charge on any atom is -0.436 e. The molecule has 0 spiro atoms. The highest BCUT2D eigenvalue weighted by atomic mass is 16.5. The minimum atomic E-state index is 0.639. The van der Waals surface area contributed by atoms with Crippen LogP contribution in [0.3, 0.4) is 0 Å². The molecule has 92 valence electrons. The lowest BCUT2D eigenvalue weighted by atomic mass is 10.2. The van der Waals surface area contributed by atoms with Crippen molar-refractivity contribution in [3.63, 3.8) is 0 Å². The number of nitrogens with two attached hydrogens (primary N) is 1. The number of nitrogens with zero attached hydrogens (tertiary/aromatic N) is 2. The standard InChI is InChI=1S/C14H15N3O/c1-9-5-6-13(11(15)7-9)18-14-10-3-2-4-12(10)16-8-17-14/h5-8H,2-4,15H2,1H3. The van der Waals surface area contributed by atoms with E-state index in [-0.39, 0.29) is 0 Å². The van der Waals surface area contributed by atoms with Crippen molar-refractivity contribution in [3.8, 4) is 11.6 Å². The van der Waals surface area contributed by atoms with E-state index in [1.54, 1.807) is 6.33 Å². The molecule has 0 radical (unpaired) electrons. The molecule has 1 aromatic carbocycles. The van der Waals surface area contributed by atoms with Crippen LogP contribution in [0.5, 0.6) is 11.6 Å². The van der Waals surface area contributed by atoms with Gasteiger partial charge in [0.05, 0.1) is 11.4 Å². The van der Waals surface area contributed by atoms with Crippen LogP contribution in [-0.4, -0.2) is 9.97 Å². The van der Waals surface area contributed by atoms with Crippen LogP contribution in [0.4, 0.5) is 5.69 Å². The minimum absolute atomic E-state index is 0.639. The predicted molar refractivity (Wildman–Crippen MR) is 69.7 cm³/mol. The van der Waals surface area contributed by atoms with Crippen LogP contribution in [0.1, 0.15) is 23.2 Å². The molecule has 0 saturated carbocycles. The van der Waals surface area contributed by atoms with Gasteiger partial charge in [0.2, 0.25) is 5.88 Å². The molecule has 1 aromatic heterocycles. The zero-order valence-corrected chi connectivity index (χ0v) is 10.3. The highest BCUT2D eigenvalue weighted by Crippen LogP contribution is 2.32. The summed E-state index contributed by atoms with van der Waals surface area (Å²) in [5, 5.41) is 0. The molecule has 0 bridgehead atoms. The maximum Gasteiger partial charge on any atom is 0.225 e. The topological polar surface area (TPSA) is 61.0 Å². The Hall–Kier alpha value is -2.10. The van der Waals surface area contributed by atoms with Gasteiger partial charge in [0.15, 0.2) is 5.75 Å². The van der Waals surface area contributed by atoms with Gasteiger partial charge in [0.1, 0.15) is 6.33 Å². The second-order valence-corrected chi connectivity index (χ2v) is 4.60. The van der Waals surface area contributed by atoms with E-state index >= 15 is 0 Å². The van der Waals surface area contributed by atoms with Crippen molar-refractivity contribution in [2.45, 2.75) is 26.2 Å². The van der Waals surface area contributed by atoms with Gasteiger partial charge in [-0.2, -0.15) is 0 Å². The summed E-state index contributed by atoms with van der Waals surface area (Å²) < 4.78 is 5.83. The van der Waals surface area contributed by atoms with E-state index in [1.807, 2.05) is 25.1 Å². The molecule has 4 nitrogen and oxygen atoms in total. The van der Waals surface area contributed by atoms with Crippen molar-refractivity contribution in [1.29, 1.82) is 0 Å². The van der Waals surface area contributed by atoms with E-state index in [4.69, 9.17) is 10.5 Å². The second-order valence-electron chi connectivity index (χ2n) is 4.60. The molecule has 2 aromatic rings. The van der Waals surface area contributed by atoms with E-state index in [0.717, 1.165) is 36.1 Å². The lowest BCUT2D eigenvalue weighted by molar-refractivity contribution is 0.457. The van der Waals surface area contributed by atoms with Crippen LogP contribution < -0.4 is 10.5 Å². The van der Waals surface area contributed by atoms with Gasteiger partial charge in [-0.15, -0.1) is 0 Å². The zero-order chi connectivity index (χ0) is 12.5. The molecular weight excluding hydrogens is 226 g/mol. The van der Waals surface area contributed by atoms with Crippen LogP contribution in [0.2, 0.25) is 0 Å². The van der Waals surface area contributed by atoms with Crippen molar-refractivity contribution in [2.75, 3.05) is 5.73 Å². The molecule has 2 N–H and O–H groups in total. The van der Waals surface area contributed by atoms with Gasteiger partial charge in [-0.05, 0) is 43.9 Å². The quantitative estimate of drug-likeness (QED) is 0.821. The van der Waals surface area contributed by atoms with Crippen molar-refractivity contribution in [2.24, 2.45) is 0 Å². The first-order valence-electron chi connectivity index (χ1n) is 6.11. The zero-order valence-electron chi connectivity index (χ0n) is 10.3. The molecule has 1 aliphatic rings. The van der Waals surface area contributed by atoms with Crippen molar-refractivity contribution >= 4 is 5.69 Å². The van der Waals surface area contributed by atoms with Gasteiger partial charge < -0.3 is 10.5 Å². The van der Waals surface area contributed by atoms with Crippen molar-refractivity contribution in [3.05, 3.63) is 41.3 Å². The highest BCUT2D eigenvalue weighted by molar-refractivity contribution is 5.55. The van der Waals surface area contributed by atoms with Crippen LogP contribution in [0.25, 0.3) is 0 Å². The van der Waals surface area contributed by atoms with Crippen LogP contribution in [0.15, 0.2) is 24.5 Å². The Kier molecular flexibility index (Phi) is 2.63. The molecule has 0 atom stereocenters. The normalized spacial score (nSPS) is 13.4. The molecule has 4 heteroatoms. The lowest BCUT2D eigenvalue weighted by Gasteiger charge is -2.10. The molecule has 1 heterocycles. The summed E-state index contributed by atoms with van der Waals surface area (Å²) in [4.78, 5) is 8.50. The van der Waals surface area contributed by atoms with Gasteiger partial charge in [0, 0.05) is 5.56 Å². The summed E-state index contributed by atoms with van der Waals surface area (Å²) in [6, 6.07) is 5.76. The number of ether oxygens (including phenoxy) is 1. The second kappa shape index (κ2) is 4.29. The summed E-state index contributed by atoms with van der Waals surface area (Å²) >= 11 is 0. The fourth-order valence-corrected chi connectivity index (χ4v) is 2.28. The molecule has 1 aliphatic carbocycles. The number of rotatable bonds is 2. The van der Waals surface area contributed by atoms with E-state index in [1.165, 1.54) is 0 Å². The Morgan fingerprint density at radius 2 is 2.11 bits per heavy atom. The van der Waals surface area contributed by atoms with Gasteiger partial charge in [-0.25, -0.2) is 9.97 Å². The molecule has 0 amide bonds. The van der Waals surface area contributed by atoms with Crippen LogP contribution >= 0.6 is 0 Å². The number of hydrogen-bond donors (Lipinski definition) is 1. The third-order valence-electron chi connectivity index (χ3n) is 3.21. The predicted octanol–water partition coefficient (Wildman–Crippen LogP) is 2.65. The Morgan fingerprint density at radius 3 is 2.94 bits per heavy atom. The average Bonchev–Trinajstić information content (AvgIpc) is 2.82. The van der Waals surface area contributed by atoms with Crippen LogP contribution in [-0.2, 0) is 12.8 Å². The van der Waals surface area contributed by atoms with E-state index in [0.29, 0.717) is 17.3 Å². The van der Waals surface area contributed by atoms with Crippen molar-refractivity contribution < 1.29 is 4.74 Å². The van der Waals surface area contributed by atoms with E-state index in [9.17, 15) is 0 Å². The fourth-order valence-electron chi connectivity index (χ4n) is 2.28. The smallest absolute Gasteiger partial charge is 0.225 e. The number of hydrogen-bond acceptors (Lipinski definition) is 4. The Balaban J connectivity index is 1.95.